The van der Waals surface area contributed by atoms with Crippen LogP contribution in [-0.4, -0.2) is 29.9 Å². The summed E-state index contributed by atoms with van der Waals surface area (Å²) in [4.78, 5) is 31.6. The van der Waals surface area contributed by atoms with E-state index in [2.05, 4.69) is 109 Å². The summed E-state index contributed by atoms with van der Waals surface area (Å²) < 4.78 is 6.54. The molecule has 304 valence electrons. The molecule has 5 aliphatic carbocycles. The van der Waals surface area contributed by atoms with Crippen molar-refractivity contribution in [2.24, 2.45) is 35.5 Å². The summed E-state index contributed by atoms with van der Waals surface area (Å²) in [5.74, 6) is 9.90. The molecule has 5 saturated carbocycles. The molecule has 7 nitrogen and oxygen atoms in total. The maximum Gasteiger partial charge on any atom is 0.167 e. The topological polar surface area (TPSA) is 90.5 Å². The number of fused-ring (bicyclic) bond motifs is 5. The van der Waals surface area contributed by atoms with Crippen LogP contribution >= 0.6 is 0 Å². The number of hydrogen-bond donors (Lipinski definition) is 0. The minimum Gasteiger partial charge on any atom is -0.455 e. The average Bonchev–Trinajstić information content (AvgIpc) is 4.10. The van der Waals surface area contributed by atoms with Crippen LogP contribution in [0.4, 0.5) is 0 Å². The third kappa shape index (κ3) is 5.71. The van der Waals surface area contributed by atoms with Crippen LogP contribution in [0.2, 0.25) is 0 Å². The van der Waals surface area contributed by atoms with Gasteiger partial charge in [-0.3, -0.25) is 0 Å². The lowest BCUT2D eigenvalue weighted by molar-refractivity contribution is -0.214. The van der Waals surface area contributed by atoms with Gasteiger partial charge in [-0.1, -0.05) is 116 Å². The lowest BCUT2D eigenvalue weighted by atomic mass is 9.31. The molecule has 0 aliphatic heterocycles. The van der Waals surface area contributed by atoms with E-state index in [-0.39, 0.29) is 0 Å². The van der Waals surface area contributed by atoms with Crippen LogP contribution in [0, 0.1) is 35.5 Å². The van der Waals surface area contributed by atoms with E-state index in [0.29, 0.717) is 46.8 Å². The Balaban J connectivity index is 0.957. The number of furan rings is 1. The minimum absolute atomic E-state index is 0.506. The first kappa shape index (κ1) is 35.7. The second-order valence-corrected chi connectivity index (χ2v) is 19.0. The predicted molar refractivity (Wildman–Crippen MR) is 247 cm³/mol. The van der Waals surface area contributed by atoms with Gasteiger partial charge in [-0.15, -0.1) is 0 Å². The van der Waals surface area contributed by atoms with E-state index in [1.165, 1.54) is 49.7 Å². The Morgan fingerprint density at radius 1 is 0.413 bits per heavy atom. The Morgan fingerprint density at radius 2 is 0.984 bits per heavy atom. The van der Waals surface area contributed by atoms with Crippen LogP contribution in [0.15, 0.2) is 150 Å². The first-order valence-corrected chi connectivity index (χ1v) is 22.9. The molecule has 63 heavy (non-hydrogen) atoms. The summed E-state index contributed by atoms with van der Waals surface area (Å²) in [6.45, 7) is 0. The van der Waals surface area contributed by atoms with Crippen molar-refractivity contribution in [2.45, 2.75) is 50.4 Å². The first-order valence-electron chi connectivity index (χ1n) is 22.9. The second kappa shape index (κ2) is 13.8. The summed E-state index contributed by atoms with van der Waals surface area (Å²) in [7, 11) is 0. The van der Waals surface area contributed by atoms with Crippen molar-refractivity contribution in [1.29, 1.82) is 0 Å². The molecule has 5 aliphatic rings. The van der Waals surface area contributed by atoms with Crippen LogP contribution in [0.3, 0.4) is 0 Å². The van der Waals surface area contributed by atoms with Crippen LogP contribution in [0.1, 0.15) is 61.5 Å². The highest BCUT2D eigenvalue weighted by Gasteiger charge is 2.67. The molecule has 0 radical (unpaired) electrons. The summed E-state index contributed by atoms with van der Waals surface area (Å²) in [6, 6.07) is 50.9. The summed E-state index contributed by atoms with van der Waals surface area (Å²) in [6.07, 6.45) is 8.06. The van der Waals surface area contributed by atoms with Crippen LogP contribution in [-0.2, 0) is 0 Å². The van der Waals surface area contributed by atoms with Crippen molar-refractivity contribution < 1.29 is 4.42 Å². The lowest BCUT2D eigenvalue weighted by Crippen LogP contribution is -2.65. The highest BCUT2D eigenvalue weighted by atomic mass is 16.3. The van der Waals surface area contributed by atoms with Crippen molar-refractivity contribution in [3.63, 3.8) is 0 Å². The number of nitrogens with zero attached hydrogens (tertiary/aromatic N) is 6. The predicted octanol–water partition coefficient (Wildman–Crippen LogP) is 13.2. The maximum absolute atomic E-state index is 6.54. The largest absolute Gasteiger partial charge is 0.455 e. The minimum atomic E-state index is 0.506. The quantitative estimate of drug-likeness (QED) is 0.151. The smallest absolute Gasteiger partial charge is 0.167 e. The highest BCUT2D eigenvalue weighted by molar-refractivity contribution is 6.09. The van der Waals surface area contributed by atoms with Gasteiger partial charge in [0.2, 0.25) is 0 Å². The molecule has 5 unspecified atom stereocenters. The standard InChI is InChI=1S/C56H44N6O/c1-3-11-32(12-4-1)51-57-53(36-16-9-15-34(25-36)44-24-31-21-22-35(44)23-31)60-54(58-51)39-26-37(48-45-29-38-30-46(48)49(38)45)27-40(28-39)55-59-52(33-13-5-2-6-14-33)61-56(62-55)43-19-10-18-42-41-17-7-8-20-47(41)63-50(42)43/h1-20,25-28,31,35,38,44-46,48-49H,21-24,29-30H2. The van der Waals surface area contributed by atoms with Gasteiger partial charge < -0.3 is 4.42 Å². The molecule has 2 bridgehead atoms. The van der Waals surface area contributed by atoms with Gasteiger partial charge in [0.25, 0.3) is 0 Å². The zero-order chi connectivity index (χ0) is 41.2. The summed E-state index contributed by atoms with van der Waals surface area (Å²) in [5, 5.41) is 2.11. The fraction of sp³-hybridized carbons (Fsp3) is 0.250. The molecular weight excluding hydrogens is 773 g/mol. The number of hydrogen-bond acceptors (Lipinski definition) is 7. The van der Waals surface area contributed by atoms with E-state index in [4.69, 9.17) is 34.3 Å². The SMILES string of the molecule is c1ccc(-c2nc(-c3cccc(C4CC5CCC4C5)c3)nc(-c3cc(-c4nc(-c5ccccc5)nc(-c5cccc6c5oc5ccccc56)n4)cc(C4C5CC6CC4C65)c3)n2)cc1. The molecule has 9 aromatic rings. The first-order chi connectivity index (χ1) is 31.1. The zero-order valence-corrected chi connectivity index (χ0v) is 34.8. The van der Waals surface area contributed by atoms with E-state index in [1.807, 2.05) is 36.4 Å². The Labute approximate surface area is 365 Å². The third-order valence-corrected chi connectivity index (χ3v) is 15.8. The molecule has 5 fully saturated rings. The van der Waals surface area contributed by atoms with Gasteiger partial charge in [-0.25, -0.2) is 29.9 Å². The average molecular weight is 817 g/mol. The number of para-hydroxylation sites is 2. The molecule has 3 aromatic heterocycles. The van der Waals surface area contributed by atoms with Crippen LogP contribution < -0.4 is 0 Å². The van der Waals surface area contributed by atoms with Crippen molar-refractivity contribution in [3.05, 3.63) is 157 Å². The molecule has 6 aromatic carbocycles. The third-order valence-electron chi connectivity index (χ3n) is 15.8. The van der Waals surface area contributed by atoms with Crippen molar-refractivity contribution in [3.8, 4) is 68.3 Å². The van der Waals surface area contributed by atoms with Crippen molar-refractivity contribution in [2.75, 3.05) is 0 Å². The van der Waals surface area contributed by atoms with Gasteiger partial charge in [0.05, 0.1) is 5.56 Å². The van der Waals surface area contributed by atoms with E-state index in [9.17, 15) is 0 Å². The zero-order valence-electron chi connectivity index (χ0n) is 34.8. The molecule has 0 spiro atoms. The highest BCUT2D eigenvalue weighted by Crippen LogP contribution is 2.75. The molecule has 3 heterocycles. The fourth-order valence-corrected chi connectivity index (χ4v) is 12.8. The van der Waals surface area contributed by atoms with Crippen molar-refractivity contribution in [1.82, 2.24) is 29.9 Å². The molecule has 5 atom stereocenters. The Morgan fingerprint density at radius 3 is 1.62 bits per heavy atom. The number of rotatable bonds is 8. The Hall–Kier alpha value is -6.86. The van der Waals surface area contributed by atoms with Gasteiger partial charge in [0.1, 0.15) is 11.2 Å². The molecule has 0 amide bonds. The number of benzene rings is 6. The van der Waals surface area contributed by atoms with E-state index >= 15 is 0 Å². The normalized spacial score (nSPS) is 25.1. The van der Waals surface area contributed by atoms with Gasteiger partial charge in [0, 0.05) is 38.6 Å². The molecule has 0 saturated heterocycles. The lowest BCUT2D eigenvalue weighted by Gasteiger charge is -2.73. The Bertz CT molecular complexity index is 3260. The summed E-state index contributed by atoms with van der Waals surface area (Å²) in [5.41, 5.74) is 10.0. The van der Waals surface area contributed by atoms with Crippen LogP contribution in [0.25, 0.3) is 90.3 Å². The molecule has 0 N–H and O–H groups in total. The maximum atomic E-state index is 6.54. The van der Waals surface area contributed by atoms with E-state index < -0.39 is 0 Å². The van der Waals surface area contributed by atoms with Gasteiger partial charge in [0.15, 0.2) is 34.9 Å². The molecule has 7 heteroatoms. The van der Waals surface area contributed by atoms with Gasteiger partial charge in [-0.05, 0) is 127 Å². The monoisotopic (exact) mass is 816 g/mol. The molecular formula is C56H44N6O. The fourth-order valence-electron chi connectivity index (χ4n) is 12.8. The summed E-state index contributed by atoms with van der Waals surface area (Å²) >= 11 is 0. The van der Waals surface area contributed by atoms with E-state index in [0.717, 1.165) is 90.8 Å². The van der Waals surface area contributed by atoms with E-state index in [1.54, 1.807) is 0 Å². The molecule has 14 rings (SSSR count). The van der Waals surface area contributed by atoms with Gasteiger partial charge in [-0.2, -0.15) is 0 Å². The number of aromatic nitrogens is 6. The van der Waals surface area contributed by atoms with Crippen molar-refractivity contribution >= 4 is 21.9 Å². The van der Waals surface area contributed by atoms with Gasteiger partial charge >= 0.3 is 0 Å². The van der Waals surface area contributed by atoms with Crippen LogP contribution in [0.5, 0.6) is 0 Å². The Kier molecular flexibility index (Phi) is 7.83. The second-order valence-electron chi connectivity index (χ2n) is 19.0.